The molecule has 1 aliphatic carbocycles. The molecule has 0 aromatic carbocycles. The first-order valence-corrected chi connectivity index (χ1v) is 7.81. The minimum absolute atomic E-state index is 0. The number of rotatable bonds is 0. The van der Waals surface area contributed by atoms with Crippen molar-refractivity contribution >= 4 is 40.1 Å². The Labute approximate surface area is 117 Å². The zero-order chi connectivity index (χ0) is 7.11. The first kappa shape index (κ1) is 29.3. The second-order valence-electron chi connectivity index (χ2n) is 2.00. The third kappa shape index (κ3) is 42.6. The Balaban J connectivity index is -0.0000000256. The number of hydrogen-bond donors (Lipinski definition) is 0. The van der Waals surface area contributed by atoms with E-state index in [9.17, 15) is 0 Å². The zero-order valence-corrected chi connectivity index (χ0v) is 14.7. The molecule has 1 rings (SSSR count). The van der Waals surface area contributed by atoms with E-state index in [2.05, 4.69) is 44.4 Å². The van der Waals surface area contributed by atoms with Crippen LogP contribution in [0.5, 0.6) is 0 Å². The first-order valence-electron chi connectivity index (χ1n) is 2.97. The molecule has 0 heterocycles. The summed E-state index contributed by atoms with van der Waals surface area (Å²) in [6.07, 6.45) is 10.1. The van der Waals surface area contributed by atoms with Gasteiger partial charge in [-0.15, -0.1) is 40.4 Å². The minimum Gasteiger partial charge on any atom is -0.358 e. The molecule has 0 aromatic heterocycles. The Kier molecular flexibility index (Phi) is 52.4. The molecule has 0 nitrogen and oxygen atoms in total. The van der Waals surface area contributed by atoms with E-state index < -0.39 is 0 Å². The molecule has 0 bridgehead atoms. The third-order valence-electron chi connectivity index (χ3n) is 0.586. The summed E-state index contributed by atoms with van der Waals surface area (Å²) in [4.78, 5) is 0. The largest absolute Gasteiger partial charge is 0.358 e. The maximum Gasteiger partial charge on any atom is -0.109 e. The molecule has 13 heavy (non-hydrogen) atoms. The van der Waals surface area contributed by atoms with Crippen molar-refractivity contribution < 1.29 is 19.2 Å². The molecule has 0 amide bonds. The first-order chi connectivity index (χ1) is 4.23. The van der Waals surface area contributed by atoms with Gasteiger partial charge in [-0.25, -0.2) is 12.2 Å². The van der Waals surface area contributed by atoms with Crippen LogP contribution in [0.1, 0.15) is 6.42 Å². The molecule has 80 valence electrons. The van der Waals surface area contributed by atoms with Crippen LogP contribution in [0.15, 0.2) is 18.2 Å². The number of allylic oxidation sites excluding steroid dienone is 4. The molecule has 4 heteroatoms. The van der Waals surface area contributed by atoms with Crippen molar-refractivity contribution in [3.05, 3.63) is 39.2 Å². The molecule has 0 fully saturated rings. The molecule has 0 saturated heterocycles. The average molecular weight is 363 g/mol. The molecular weight excluding hydrogens is 344 g/mol. The topological polar surface area (TPSA) is 0 Å². The Morgan fingerprint density at radius 3 is 1.69 bits per heavy atom. The van der Waals surface area contributed by atoms with E-state index in [1.165, 1.54) is 0 Å². The van der Waals surface area contributed by atoms with Gasteiger partial charge in [0, 0.05) is 0 Å². The third-order valence-corrected chi connectivity index (χ3v) is 0.586. The SMILES string of the molecule is Br.Br.C[Si](C)=[Ti].[C-]1=CC=CC1.[CH3-].[CH3-]. The molecule has 0 unspecified atom stereocenters. The van der Waals surface area contributed by atoms with E-state index in [0.717, 1.165) is 6.42 Å². The summed E-state index contributed by atoms with van der Waals surface area (Å²) in [5.41, 5.74) is 0. The summed E-state index contributed by atoms with van der Waals surface area (Å²) in [5, 5.41) is 0. The summed E-state index contributed by atoms with van der Waals surface area (Å²) in [6.45, 7) is 4.54. The Morgan fingerprint density at radius 2 is 1.62 bits per heavy atom. The summed E-state index contributed by atoms with van der Waals surface area (Å²) in [7, 11) is 0. The fourth-order valence-electron chi connectivity index (χ4n) is 0.340. The van der Waals surface area contributed by atoms with Crippen LogP contribution in [0.4, 0.5) is 0 Å². The van der Waals surface area contributed by atoms with Crippen LogP contribution in [0, 0.1) is 20.9 Å². The van der Waals surface area contributed by atoms with Crippen molar-refractivity contribution in [1.82, 2.24) is 0 Å². The van der Waals surface area contributed by atoms with E-state index in [4.69, 9.17) is 0 Å². The quantitative estimate of drug-likeness (QED) is 0.448. The normalized spacial score (nSPS) is 8.69. The van der Waals surface area contributed by atoms with Crippen molar-refractivity contribution in [2.24, 2.45) is 0 Å². The van der Waals surface area contributed by atoms with Crippen LogP contribution in [0.3, 0.4) is 0 Å². The Bertz CT molecular complexity index is 131. The average Bonchev–Trinajstić information content (AvgIpc) is 2.11. The molecule has 0 aromatic rings. The smallest absolute Gasteiger partial charge is 0.109 e. The monoisotopic (exact) mass is 361 g/mol. The fourth-order valence-corrected chi connectivity index (χ4v) is 0.340. The second-order valence-corrected chi connectivity index (χ2v) is 8.69. The van der Waals surface area contributed by atoms with Gasteiger partial charge in [0.25, 0.3) is 0 Å². The minimum atomic E-state index is 0. The van der Waals surface area contributed by atoms with Gasteiger partial charge in [0.1, 0.15) is 0 Å². The van der Waals surface area contributed by atoms with Crippen LogP contribution >= 0.6 is 34.0 Å². The number of halogens is 2. The standard InChI is InChI=1S/C5H5.C2H6Si.2CH3.2BrH.Ti/c1-2-4-5-3-1;1-3-2;;;;;/h1-3H,4H2;1-2H3;2*1H3;2*1H;/q-1;;2*-1;;;. The van der Waals surface area contributed by atoms with Crippen LogP contribution < -0.4 is 0 Å². The molecule has 0 radical (unpaired) electrons. The van der Waals surface area contributed by atoms with Gasteiger partial charge in [0.2, 0.25) is 0 Å². The molecular formula is C9H19Br2SiTi-3. The van der Waals surface area contributed by atoms with Gasteiger partial charge in [-0.05, 0) is 0 Å². The molecule has 1 aliphatic rings. The van der Waals surface area contributed by atoms with E-state index in [0.29, 0.717) is 0 Å². The van der Waals surface area contributed by atoms with Gasteiger partial charge in [-0.3, -0.25) is 6.08 Å². The molecule has 0 atom stereocenters. The van der Waals surface area contributed by atoms with Gasteiger partial charge in [-0.2, -0.15) is 6.08 Å². The summed E-state index contributed by atoms with van der Waals surface area (Å²) >= 11 is 2.27. The maximum absolute atomic E-state index is 2.99. The maximum atomic E-state index is 2.99. The van der Waals surface area contributed by atoms with Crippen molar-refractivity contribution in [3.8, 4) is 0 Å². The van der Waals surface area contributed by atoms with Crippen LogP contribution in [0.2, 0.25) is 13.1 Å². The summed E-state index contributed by atoms with van der Waals surface area (Å²) in [5.74, 6) is 0. The van der Waals surface area contributed by atoms with Crippen molar-refractivity contribution in [2.75, 3.05) is 0 Å². The van der Waals surface area contributed by atoms with E-state index in [1.807, 2.05) is 12.2 Å². The predicted molar refractivity (Wildman–Crippen MR) is 72.5 cm³/mol. The van der Waals surface area contributed by atoms with Crippen molar-refractivity contribution in [1.29, 1.82) is 0 Å². The van der Waals surface area contributed by atoms with E-state index >= 15 is 0 Å². The van der Waals surface area contributed by atoms with Gasteiger partial charge in [0.05, 0.1) is 0 Å². The van der Waals surface area contributed by atoms with Crippen LogP contribution in [-0.4, -0.2) is 6.19 Å². The summed E-state index contributed by atoms with van der Waals surface area (Å²) in [6, 6.07) is 0. The van der Waals surface area contributed by atoms with Crippen LogP contribution in [-0.2, 0) is 19.2 Å². The molecule has 0 aliphatic heterocycles. The second kappa shape index (κ2) is 23.3. The zero-order valence-electron chi connectivity index (χ0n) is 8.76. The summed E-state index contributed by atoms with van der Waals surface area (Å²) < 4.78 is 0. The molecule has 0 N–H and O–H groups in total. The predicted octanol–water partition coefficient (Wildman–Crippen LogP) is 4.15. The van der Waals surface area contributed by atoms with Crippen LogP contribution in [0.25, 0.3) is 0 Å². The Hall–Kier alpha value is 1.37. The van der Waals surface area contributed by atoms with Gasteiger partial charge >= 0.3 is 38.5 Å². The van der Waals surface area contributed by atoms with Gasteiger partial charge in [-0.1, -0.05) is 0 Å². The van der Waals surface area contributed by atoms with Gasteiger partial charge in [0.15, 0.2) is 0 Å². The molecule has 0 saturated carbocycles. The van der Waals surface area contributed by atoms with Gasteiger partial charge < -0.3 is 14.9 Å². The van der Waals surface area contributed by atoms with E-state index in [1.54, 1.807) is 0 Å². The van der Waals surface area contributed by atoms with Crippen molar-refractivity contribution in [3.63, 3.8) is 0 Å². The van der Waals surface area contributed by atoms with Crippen molar-refractivity contribution in [2.45, 2.75) is 19.5 Å². The number of hydrogen-bond acceptors (Lipinski definition) is 0. The Morgan fingerprint density at radius 1 is 1.23 bits per heavy atom. The van der Waals surface area contributed by atoms with E-state index in [-0.39, 0.29) is 55.0 Å². The molecule has 0 spiro atoms. The fraction of sp³-hybridized carbons (Fsp3) is 0.333.